The van der Waals surface area contributed by atoms with Gasteiger partial charge in [0.25, 0.3) is 0 Å². The third-order valence-electron chi connectivity index (χ3n) is 4.34. The molecule has 0 radical (unpaired) electrons. The van der Waals surface area contributed by atoms with E-state index in [4.69, 9.17) is 5.73 Å². The monoisotopic (exact) mass is 389 g/mol. The number of rotatable bonds is 3. The van der Waals surface area contributed by atoms with E-state index in [-0.39, 0.29) is 6.04 Å². The number of halogens is 1. The van der Waals surface area contributed by atoms with E-state index in [1.54, 1.807) is 0 Å². The summed E-state index contributed by atoms with van der Waals surface area (Å²) in [5.41, 5.74) is 8.21. The van der Waals surface area contributed by atoms with Gasteiger partial charge in [-0.3, -0.25) is 0 Å². The molecule has 0 saturated carbocycles. The van der Waals surface area contributed by atoms with Gasteiger partial charge in [-0.1, -0.05) is 48.0 Å². The average Bonchev–Trinajstić information content (AvgIpc) is 2.81. The normalized spacial score (nSPS) is 18.7. The Morgan fingerprint density at radius 1 is 1.29 bits per heavy atom. The highest BCUT2D eigenvalue weighted by molar-refractivity contribution is 9.10. The zero-order valence-electron chi connectivity index (χ0n) is 14.2. The van der Waals surface area contributed by atoms with E-state index in [2.05, 4.69) is 74.2 Å². The van der Waals surface area contributed by atoms with Crippen molar-refractivity contribution in [2.24, 2.45) is 0 Å². The van der Waals surface area contributed by atoms with Crippen LogP contribution in [0.5, 0.6) is 0 Å². The van der Waals surface area contributed by atoms with Crippen LogP contribution in [0.2, 0.25) is 0 Å². The summed E-state index contributed by atoms with van der Waals surface area (Å²) in [6.45, 7) is 7.05. The van der Waals surface area contributed by atoms with Crippen LogP contribution in [0, 0.1) is 0 Å². The van der Waals surface area contributed by atoms with Crippen LogP contribution < -0.4 is 16.0 Å². The summed E-state index contributed by atoms with van der Waals surface area (Å²) in [5.74, 6) is 1.61. The van der Waals surface area contributed by atoms with Gasteiger partial charge in [0.1, 0.15) is 5.82 Å². The Kier molecular flexibility index (Phi) is 5.36. The molecular weight excluding hydrogens is 366 g/mol. The topological polar surface area (TPSA) is 67.1 Å². The van der Waals surface area contributed by atoms with E-state index < -0.39 is 0 Å². The van der Waals surface area contributed by atoms with Gasteiger partial charge in [-0.15, -0.1) is 0 Å². The lowest BCUT2D eigenvalue weighted by molar-refractivity contribution is 0.567. The second-order valence-corrected chi connectivity index (χ2v) is 7.35. The SMILES string of the molecule is CC(C)c1cc(N2CCCNC(c3ccccc3Br)C2)nc(N)n1. The molecule has 1 atom stereocenters. The molecule has 0 bridgehead atoms. The second kappa shape index (κ2) is 7.49. The molecule has 2 aromatic rings. The quantitative estimate of drug-likeness (QED) is 0.840. The van der Waals surface area contributed by atoms with Crippen molar-refractivity contribution in [2.75, 3.05) is 30.3 Å². The first-order chi connectivity index (χ1) is 11.5. The molecule has 0 aliphatic carbocycles. The Morgan fingerprint density at radius 2 is 2.08 bits per heavy atom. The predicted molar refractivity (Wildman–Crippen MR) is 102 cm³/mol. The number of hydrogen-bond donors (Lipinski definition) is 2. The molecule has 24 heavy (non-hydrogen) atoms. The summed E-state index contributed by atoms with van der Waals surface area (Å²) in [6.07, 6.45) is 1.07. The lowest BCUT2D eigenvalue weighted by atomic mass is 10.1. The number of nitrogens with zero attached hydrogens (tertiary/aromatic N) is 3. The predicted octanol–water partition coefficient (Wildman–Crippen LogP) is 3.49. The van der Waals surface area contributed by atoms with Gasteiger partial charge in [0.05, 0.1) is 11.7 Å². The summed E-state index contributed by atoms with van der Waals surface area (Å²) < 4.78 is 1.13. The van der Waals surface area contributed by atoms with Gasteiger partial charge in [0.15, 0.2) is 0 Å². The first-order valence-corrected chi connectivity index (χ1v) is 9.21. The van der Waals surface area contributed by atoms with Gasteiger partial charge >= 0.3 is 0 Å². The van der Waals surface area contributed by atoms with Crippen LogP contribution >= 0.6 is 15.9 Å². The van der Waals surface area contributed by atoms with Crippen molar-refractivity contribution in [1.82, 2.24) is 15.3 Å². The summed E-state index contributed by atoms with van der Waals surface area (Å²) in [4.78, 5) is 11.2. The first kappa shape index (κ1) is 17.2. The van der Waals surface area contributed by atoms with E-state index in [9.17, 15) is 0 Å². The van der Waals surface area contributed by atoms with Crippen LogP contribution in [0.4, 0.5) is 11.8 Å². The van der Waals surface area contributed by atoms with Crippen molar-refractivity contribution < 1.29 is 0 Å². The molecule has 0 amide bonds. The number of benzene rings is 1. The number of anilines is 2. The van der Waals surface area contributed by atoms with Gasteiger partial charge in [-0.25, -0.2) is 4.98 Å². The molecule has 1 unspecified atom stereocenters. The molecular formula is C18H24BrN5. The highest BCUT2D eigenvalue weighted by atomic mass is 79.9. The lowest BCUT2D eigenvalue weighted by Crippen LogP contribution is -2.32. The van der Waals surface area contributed by atoms with Gasteiger partial charge in [-0.05, 0) is 30.5 Å². The summed E-state index contributed by atoms with van der Waals surface area (Å²) >= 11 is 3.67. The Hall–Kier alpha value is -1.66. The fourth-order valence-electron chi connectivity index (χ4n) is 3.03. The molecule has 5 nitrogen and oxygen atoms in total. The fourth-order valence-corrected chi connectivity index (χ4v) is 3.59. The largest absolute Gasteiger partial charge is 0.368 e. The van der Waals surface area contributed by atoms with Crippen molar-refractivity contribution >= 4 is 27.7 Å². The molecule has 1 fully saturated rings. The maximum Gasteiger partial charge on any atom is 0.222 e. The van der Waals surface area contributed by atoms with Crippen LogP contribution in [0.15, 0.2) is 34.8 Å². The fraction of sp³-hybridized carbons (Fsp3) is 0.444. The smallest absolute Gasteiger partial charge is 0.222 e. The third kappa shape index (κ3) is 3.87. The summed E-state index contributed by atoms with van der Waals surface area (Å²) in [7, 11) is 0. The van der Waals surface area contributed by atoms with Crippen molar-refractivity contribution in [3.8, 4) is 0 Å². The molecule has 6 heteroatoms. The Morgan fingerprint density at radius 3 is 2.83 bits per heavy atom. The van der Waals surface area contributed by atoms with Crippen LogP contribution in [0.1, 0.15) is 43.5 Å². The van der Waals surface area contributed by atoms with Gasteiger partial charge in [0, 0.05) is 23.6 Å². The zero-order chi connectivity index (χ0) is 17.1. The van der Waals surface area contributed by atoms with Crippen molar-refractivity contribution in [2.45, 2.75) is 32.2 Å². The standard InChI is InChI=1S/C18H24BrN5/c1-12(2)15-10-17(23-18(20)22-15)24-9-5-8-21-16(11-24)13-6-3-4-7-14(13)19/h3-4,6-7,10,12,16,21H,5,8-9,11H2,1-2H3,(H2,20,22,23). The molecule has 3 rings (SSSR count). The minimum absolute atomic E-state index is 0.252. The number of nitrogens with two attached hydrogens (primary N) is 1. The minimum Gasteiger partial charge on any atom is -0.368 e. The van der Waals surface area contributed by atoms with Gasteiger partial charge in [-0.2, -0.15) is 4.98 Å². The van der Waals surface area contributed by atoms with E-state index in [1.807, 2.05) is 6.07 Å². The molecule has 1 aromatic carbocycles. The number of hydrogen-bond acceptors (Lipinski definition) is 5. The molecule has 2 heterocycles. The third-order valence-corrected chi connectivity index (χ3v) is 5.07. The van der Waals surface area contributed by atoms with Crippen LogP contribution in [-0.2, 0) is 0 Å². The van der Waals surface area contributed by atoms with Gasteiger partial charge in [0.2, 0.25) is 5.95 Å². The average molecular weight is 390 g/mol. The second-order valence-electron chi connectivity index (χ2n) is 6.49. The molecule has 3 N–H and O–H groups in total. The Bertz CT molecular complexity index is 704. The van der Waals surface area contributed by atoms with E-state index in [1.165, 1.54) is 5.56 Å². The van der Waals surface area contributed by atoms with Gasteiger partial charge < -0.3 is 16.0 Å². The molecule has 1 aliphatic rings. The molecule has 128 valence electrons. The number of aromatic nitrogens is 2. The molecule has 1 saturated heterocycles. The van der Waals surface area contributed by atoms with Crippen LogP contribution in [0.25, 0.3) is 0 Å². The van der Waals surface area contributed by atoms with E-state index in [0.717, 1.165) is 42.0 Å². The number of nitrogens with one attached hydrogen (secondary N) is 1. The number of nitrogen functional groups attached to an aromatic ring is 1. The van der Waals surface area contributed by atoms with Crippen molar-refractivity contribution in [3.05, 3.63) is 46.1 Å². The molecule has 0 spiro atoms. The Labute approximate surface area is 151 Å². The molecule has 1 aromatic heterocycles. The van der Waals surface area contributed by atoms with Crippen LogP contribution in [0.3, 0.4) is 0 Å². The van der Waals surface area contributed by atoms with Crippen LogP contribution in [-0.4, -0.2) is 29.6 Å². The summed E-state index contributed by atoms with van der Waals surface area (Å²) in [6, 6.07) is 10.7. The van der Waals surface area contributed by atoms with E-state index in [0.29, 0.717) is 11.9 Å². The molecule has 1 aliphatic heterocycles. The zero-order valence-corrected chi connectivity index (χ0v) is 15.8. The Balaban J connectivity index is 1.89. The van der Waals surface area contributed by atoms with Crippen molar-refractivity contribution in [1.29, 1.82) is 0 Å². The minimum atomic E-state index is 0.252. The first-order valence-electron chi connectivity index (χ1n) is 8.42. The lowest BCUT2D eigenvalue weighted by Gasteiger charge is -2.27. The van der Waals surface area contributed by atoms with E-state index >= 15 is 0 Å². The van der Waals surface area contributed by atoms with Crippen molar-refractivity contribution in [3.63, 3.8) is 0 Å². The highest BCUT2D eigenvalue weighted by Gasteiger charge is 2.22. The maximum atomic E-state index is 5.94. The summed E-state index contributed by atoms with van der Waals surface area (Å²) in [5, 5.41) is 3.64. The highest BCUT2D eigenvalue weighted by Crippen LogP contribution is 2.28. The maximum absolute atomic E-state index is 5.94.